The largest absolute Gasteiger partial charge is 0.484 e. The summed E-state index contributed by atoms with van der Waals surface area (Å²) in [4.78, 5) is 27.5. The standard InChI is InChI=1S/C17H20N2O4S/c1-9-5-6-13(7-10(9)2)23-8-14(20)18-12(4)16-19-11(3)15(24-16)17(21)22/h5-7,12H,8H2,1-4H3,(H,18,20)(H,21,22). The van der Waals surface area contributed by atoms with E-state index in [1.807, 2.05) is 32.0 Å². The lowest BCUT2D eigenvalue weighted by atomic mass is 10.1. The molecule has 1 atom stereocenters. The summed E-state index contributed by atoms with van der Waals surface area (Å²) in [7, 11) is 0. The van der Waals surface area contributed by atoms with Crippen LogP contribution in [-0.2, 0) is 4.79 Å². The van der Waals surface area contributed by atoms with Crippen LogP contribution < -0.4 is 10.1 Å². The fourth-order valence-corrected chi connectivity index (χ4v) is 3.01. The van der Waals surface area contributed by atoms with Crippen LogP contribution in [0.3, 0.4) is 0 Å². The number of aromatic carboxylic acids is 1. The van der Waals surface area contributed by atoms with E-state index in [2.05, 4.69) is 10.3 Å². The molecule has 0 spiro atoms. The highest BCUT2D eigenvalue weighted by Gasteiger charge is 2.19. The molecule has 0 fully saturated rings. The third-order valence-corrected chi connectivity index (χ3v) is 4.93. The van der Waals surface area contributed by atoms with Gasteiger partial charge in [0.05, 0.1) is 11.7 Å². The zero-order valence-electron chi connectivity index (χ0n) is 14.0. The molecular weight excluding hydrogens is 328 g/mol. The molecule has 2 N–H and O–H groups in total. The van der Waals surface area contributed by atoms with Crippen molar-refractivity contribution in [1.29, 1.82) is 0 Å². The van der Waals surface area contributed by atoms with Crippen LogP contribution in [0.1, 0.15) is 44.5 Å². The van der Waals surface area contributed by atoms with E-state index in [4.69, 9.17) is 9.84 Å². The lowest BCUT2D eigenvalue weighted by Crippen LogP contribution is -2.31. The summed E-state index contributed by atoms with van der Waals surface area (Å²) in [6.45, 7) is 7.28. The SMILES string of the molecule is Cc1ccc(OCC(=O)NC(C)c2nc(C)c(C(=O)O)s2)cc1C. The number of carbonyl (C=O) groups is 2. The second-order valence-electron chi connectivity index (χ2n) is 5.60. The summed E-state index contributed by atoms with van der Waals surface area (Å²) in [5.41, 5.74) is 2.71. The molecule has 1 aromatic carbocycles. The number of hydrogen-bond acceptors (Lipinski definition) is 5. The average Bonchev–Trinajstić information content (AvgIpc) is 2.91. The van der Waals surface area contributed by atoms with Crippen LogP contribution in [0.2, 0.25) is 0 Å². The number of carbonyl (C=O) groups excluding carboxylic acids is 1. The van der Waals surface area contributed by atoms with Crippen molar-refractivity contribution in [2.75, 3.05) is 6.61 Å². The molecule has 2 aromatic rings. The van der Waals surface area contributed by atoms with Crippen LogP contribution in [0.15, 0.2) is 18.2 Å². The van der Waals surface area contributed by atoms with Crippen molar-refractivity contribution in [3.8, 4) is 5.75 Å². The first kappa shape index (κ1) is 17.9. The van der Waals surface area contributed by atoms with Gasteiger partial charge in [0, 0.05) is 0 Å². The molecule has 0 saturated heterocycles. The topological polar surface area (TPSA) is 88.5 Å². The van der Waals surface area contributed by atoms with Gasteiger partial charge in [-0.2, -0.15) is 0 Å². The van der Waals surface area contributed by atoms with Crippen LogP contribution in [0.25, 0.3) is 0 Å². The van der Waals surface area contributed by atoms with Crippen molar-refractivity contribution < 1.29 is 19.4 Å². The van der Waals surface area contributed by atoms with E-state index in [0.717, 1.165) is 22.5 Å². The molecule has 0 bridgehead atoms. The maximum Gasteiger partial charge on any atom is 0.347 e. The van der Waals surface area contributed by atoms with E-state index >= 15 is 0 Å². The Labute approximate surface area is 144 Å². The highest BCUT2D eigenvalue weighted by atomic mass is 32.1. The van der Waals surface area contributed by atoms with Gasteiger partial charge in [0.15, 0.2) is 6.61 Å². The van der Waals surface area contributed by atoms with Crippen LogP contribution >= 0.6 is 11.3 Å². The van der Waals surface area contributed by atoms with Crippen molar-refractivity contribution >= 4 is 23.2 Å². The first-order chi connectivity index (χ1) is 11.3. The number of nitrogens with zero attached hydrogens (tertiary/aromatic N) is 1. The fraction of sp³-hybridized carbons (Fsp3) is 0.353. The van der Waals surface area contributed by atoms with Gasteiger partial charge >= 0.3 is 5.97 Å². The zero-order valence-corrected chi connectivity index (χ0v) is 14.9. The second-order valence-corrected chi connectivity index (χ2v) is 6.63. The maximum absolute atomic E-state index is 12.0. The van der Waals surface area contributed by atoms with Gasteiger partial charge in [-0.05, 0) is 51.0 Å². The molecule has 0 saturated carbocycles. The fourth-order valence-electron chi connectivity index (χ4n) is 2.10. The van der Waals surface area contributed by atoms with Crippen LogP contribution in [-0.4, -0.2) is 28.6 Å². The molecule has 6 nitrogen and oxygen atoms in total. The van der Waals surface area contributed by atoms with Gasteiger partial charge < -0.3 is 15.2 Å². The van der Waals surface area contributed by atoms with E-state index in [1.165, 1.54) is 0 Å². The first-order valence-corrected chi connectivity index (χ1v) is 8.29. The van der Waals surface area contributed by atoms with E-state index in [1.54, 1.807) is 13.8 Å². The van der Waals surface area contributed by atoms with E-state index < -0.39 is 5.97 Å². The zero-order chi connectivity index (χ0) is 17.9. The minimum Gasteiger partial charge on any atom is -0.484 e. The van der Waals surface area contributed by atoms with Crippen molar-refractivity contribution in [2.45, 2.75) is 33.7 Å². The molecule has 24 heavy (non-hydrogen) atoms. The summed E-state index contributed by atoms with van der Waals surface area (Å²) < 4.78 is 5.48. The van der Waals surface area contributed by atoms with Crippen LogP contribution in [0.4, 0.5) is 0 Å². The van der Waals surface area contributed by atoms with Crippen LogP contribution in [0, 0.1) is 20.8 Å². The molecule has 0 aliphatic rings. The van der Waals surface area contributed by atoms with Gasteiger partial charge in [0.2, 0.25) is 0 Å². The molecule has 1 unspecified atom stereocenters. The quantitative estimate of drug-likeness (QED) is 0.838. The summed E-state index contributed by atoms with van der Waals surface area (Å²) >= 11 is 1.07. The Morgan fingerprint density at radius 1 is 1.29 bits per heavy atom. The Morgan fingerprint density at radius 3 is 2.58 bits per heavy atom. The molecule has 7 heteroatoms. The summed E-state index contributed by atoms with van der Waals surface area (Å²) in [6.07, 6.45) is 0. The average molecular weight is 348 g/mol. The highest BCUT2D eigenvalue weighted by Crippen LogP contribution is 2.23. The number of ether oxygens (including phenoxy) is 1. The van der Waals surface area contributed by atoms with Gasteiger partial charge in [-0.3, -0.25) is 4.79 Å². The van der Waals surface area contributed by atoms with Gasteiger partial charge in [-0.25, -0.2) is 9.78 Å². The molecule has 1 heterocycles. The van der Waals surface area contributed by atoms with Gasteiger partial charge in [-0.15, -0.1) is 11.3 Å². The van der Waals surface area contributed by atoms with Gasteiger partial charge in [-0.1, -0.05) is 6.07 Å². The lowest BCUT2D eigenvalue weighted by Gasteiger charge is -2.12. The summed E-state index contributed by atoms with van der Waals surface area (Å²) in [6, 6.07) is 5.27. The number of nitrogens with one attached hydrogen (secondary N) is 1. The number of carboxylic acid groups (broad SMARTS) is 1. The predicted molar refractivity (Wildman–Crippen MR) is 91.8 cm³/mol. The number of aromatic nitrogens is 1. The Bertz CT molecular complexity index is 770. The minimum absolute atomic E-state index is 0.108. The lowest BCUT2D eigenvalue weighted by molar-refractivity contribution is -0.123. The monoisotopic (exact) mass is 348 g/mol. The number of amides is 1. The molecule has 1 amide bonds. The second kappa shape index (κ2) is 7.44. The number of rotatable bonds is 6. The van der Waals surface area contributed by atoms with Crippen LogP contribution in [0.5, 0.6) is 5.75 Å². The first-order valence-electron chi connectivity index (χ1n) is 7.48. The Morgan fingerprint density at radius 2 is 2.00 bits per heavy atom. The van der Waals surface area contributed by atoms with Crippen molar-refractivity contribution in [3.63, 3.8) is 0 Å². The molecule has 0 aliphatic heterocycles. The third kappa shape index (κ3) is 4.32. The maximum atomic E-state index is 12.0. The Kier molecular flexibility index (Phi) is 5.56. The number of thiazole rings is 1. The Hall–Kier alpha value is -2.41. The molecule has 0 radical (unpaired) electrons. The predicted octanol–water partition coefficient (Wildman–Crippen LogP) is 3.02. The Balaban J connectivity index is 1.92. The van der Waals surface area contributed by atoms with Gasteiger partial charge in [0.1, 0.15) is 15.6 Å². The molecule has 0 aliphatic carbocycles. The highest BCUT2D eigenvalue weighted by molar-refractivity contribution is 7.13. The van der Waals surface area contributed by atoms with Crippen molar-refractivity contribution in [2.24, 2.45) is 0 Å². The number of hydrogen-bond donors (Lipinski definition) is 2. The summed E-state index contributed by atoms with van der Waals surface area (Å²) in [5, 5.41) is 12.4. The van der Waals surface area contributed by atoms with Gasteiger partial charge in [0.25, 0.3) is 5.91 Å². The van der Waals surface area contributed by atoms with Crippen molar-refractivity contribution in [3.05, 3.63) is 44.9 Å². The number of benzene rings is 1. The third-order valence-electron chi connectivity index (χ3n) is 3.60. The molecule has 1 aromatic heterocycles. The molecule has 128 valence electrons. The summed E-state index contributed by atoms with van der Waals surface area (Å²) in [5.74, 6) is -0.655. The van der Waals surface area contributed by atoms with E-state index in [0.29, 0.717) is 16.5 Å². The number of aryl methyl sites for hydroxylation is 3. The minimum atomic E-state index is -1.01. The molecular formula is C17H20N2O4S. The van der Waals surface area contributed by atoms with Crippen molar-refractivity contribution in [1.82, 2.24) is 10.3 Å². The number of carboxylic acids is 1. The molecule has 2 rings (SSSR count). The smallest absolute Gasteiger partial charge is 0.347 e. The van der Waals surface area contributed by atoms with E-state index in [9.17, 15) is 9.59 Å². The normalized spacial score (nSPS) is 11.8. The van der Waals surface area contributed by atoms with E-state index in [-0.39, 0.29) is 23.4 Å².